The van der Waals surface area contributed by atoms with E-state index in [1.165, 1.54) is 6.92 Å². The first-order valence-electron chi connectivity index (χ1n) is 14.8. The molecule has 3 fully saturated rings. The van der Waals surface area contributed by atoms with Crippen LogP contribution in [0, 0.1) is 40.9 Å². The van der Waals surface area contributed by atoms with Gasteiger partial charge in [-0.3, -0.25) is 14.4 Å². The van der Waals surface area contributed by atoms with E-state index in [2.05, 4.69) is 13.8 Å². The summed E-state index contributed by atoms with van der Waals surface area (Å²) in [4.78, 5) is 53.4. The summed E-state index contributed by atoms with van der Waals surface area (Å²) in [6.45, 7) is 18.9. The Balaban J connectivity index is 2.03. The summed E-state index contributed by atoms with van der Waals surface area (Å²) >= 11 is 0. The Morgan fingerprint density at radius 1 is 0.950 bits per heavy atom. The Morgan fingerprint density at radius 2 is 1.57 bits per heavy atom. The van der Waals surface area contributed by atoms with Crippen LogP contribution in [0.1, 0.15) is 88.5 Å². The third-order valence-corrected chi connectivity index (χ3v) is 9.55. The molecule has 0 aliphatic carbocycles. The molecule has 3 heterocycles. The van der Waals surface area contributed by atoms with Crippen molar-refractivity contribution in [2.75, 3.05) is 0 Å². The minimum Gasteiger partial charge on any atom is -0.458 e. The van der Waals surface area contributed by atoms with Gasteiger partial charge in [-0.25, -0.2) is 15.6 Å². The van der Waals surface area contributed by atoms with Crippen LogP contribution in [0.3, 0.4) is 0 Å². The van der Waals surface area contributed by atoms with Crippen LogP contribution in [0.5, 0.6) is 0 Å². The highest BCUT2D eigenvalue weighted by Gasteiger charge is 2.52. The maximum Gasteiger partial charge on any atom is 0.424 e. The minimum atomic E-state index is -1.07. The Hall–Kier alpha value is -2.04. The van der Waals surface area contributed by atoms with Crippen LogP contribution in [0.4, 0.5) is 4.79 Å². The number of rotatable bonds is 3. The SMILES string of the molecule is CC[C@H]1OC(=O)[C@H](C)C(=O)[C@H](C)[C@@H](OC2O[C@H](C)C[C@H](C)[C@H]2C)C(C)(C)C[C@@H](C)C(=O)[C@H](C)[C@@H]2C1OC(=O)N2N. The fraction of sp³-hybridized carbons (Fsp3) is 0.867. The molecular weight excluding hydrogens is 516 g/mol. The predicted molar refractivity (Wildman–Crippen MR) is 147 cm³/mol. The van der Waals surface area contributed by atoms with Crippen LogP contribution < -0.4 is 5.84 Å². The molecule has 228 valence electrons. The van der Waals surface area contributed by atoms with Crippen LogP contribution >= 0.6 is 0 Å². The van der Waals surface area contributed by atoms with Crippen molar-refractivity contribution in [3.8, 4) is 0 Å². The first kappa shape index (κ1) is 32.5. The topological polar surface area (TPSA) is 134 Å². The molecule has 0 aromatic heterocycles. The molecule has 0 bridgehead atoms. The van der Waals surface area contributed by atoms with Crippen LogP contribution in [0.25, 0.3) is 0 Å². The van der Waals surface area contributed by atoms with E-state index in [1.54, 1.807) is 20.8 Å². The maximum absolute atomic E-state index is 13.8. The molecule has 0 saturated carbocycles. The van der Waals surface area contributed by atoms with Gasteiger partial charge in [0.1, 0.15) is 23.8 Å². The van der Waals surface area contributed by atoms with Crippen molar-refractivity contribution in [3.05, 3.63) is 0 Å². The van der Waals surface area contributed by atoms with Gasteiger partial charge in [0.15, 0.2) is 18.2 Å². The zero-order valence-corrected chi connectivity index (χ0v) is 25.8. The van der Waals surface area contributed by atoms with Crippen molar-refractivity contribution in [3.63, 3.8) is 0 Å². The molecule has 3 aliphatic rings. The number of amides is 1. The lowest BCUT2D eigenvalue weighted by Gasteiger charge is -2.45. The molecule has 12 atom stereocenters. The van der Waals surface area contributed by atoms with E-state index >= 15 is 0 Å². The standard InChI is InChI=1S/C30H50N2O8/c1-11-21-25-22(32(31)29(36)39-25)18(6)23(33)15(3)13-30(9,10)26(19(7)24(34)20(8)27(35)38-21)40-28-17(5)14(2)12-16(4)37-28/h14-22,25-26,28H,11-13,31H2,1-10H3/t14-,15+,16+,17+,18+,19-,20+,21+,22+,25?,26+,28?/m0/s1. The highest BCUT2D eigenvalue weighted by atomic mass is 16.7. The number of fused-ring (bicyclic) bond motifs is 1. The van der Waals surface area contributed by atoms with E-state index in [0.717, 1.165) is 11.4 Å². The summed E-state index contributed by atoms with van der Waals surface area (Å²) in [6, 6.07) is -0.817. The summed E-state index contributed by atoms with van der Waals surface area (Å²) in [7, 11) is 0. The van der Waals surface area contributed by atoms with Gasteiger partial charge < -0.3 is 18.9 Å². The number of nitrogens with zero attached hydrogens (tertiary/aromatic N) is 1. The van der Waals surface area contributed by atoms with Gasteiger partial charge in [-0.15, -0.1) is 0 Å². The molecule has 3 rings (SSSR count). The van der Waals surface area contributed by atoms with Gasteiger partial charge >= 0.3 is 12.1 Å². The molecule has 2 N–H and O–H groups in total. The summed E-state index contributed by atoms with van der Waals surface area (Å²) < 4.78 is 24.2. The number of hydrogen-bond donors (Lipinski definition) is 1. The van der Waals surface area contributed by atoms with Crippen molar-refractivity contribution < 1.29 is 38.1 Å². The molecule has 3 saturated heterocycles. The summed E-state index contributed by atoms with van der Waals surface area (Å²) in [5, 5.41) is 0.931. The summed E-state index contributed by atoms with van der Waals surface area (Å²) in [5.41, 5.74) is -0.652. The van der Waals surface area contributed by atoms with Crippen LogP contribution in [0.15, 0.2) is 0 Å². The number of cyclic esters (lactones) is 1. The number of carbonyl (C=O) groups is 4. The molecule has 0 aromatic rings. The van der Waals surface area contributed by atoms with Gasteiger partial charge in [-0.05, 0) is 44.4 Å². The lowest BCUT2D eigenvalue weighted by molar-refractivity contribution is -0.267. The van der Waals surface area contributed by atoms with E-state index in [1.807, 2.05) is 27.7 Å². The van der Waals surface area contributed by atoms with E-state index < -0.39 is 71.8 Å². The molecular formula is C30H50N2O8. The minimum absolute atomic E-state index is 0.00792. The van der Waals surface area contributed by atoms with Gasteiger partial charge in [-0.2, -0.15) is 0 Å². The fourth-order valence-corrected chi connectivity index (χ4v) is 6.96. The lowest BCUT2D eigenvalue weighted by Crippen LogP contribution is -2.54. The smallest absolute Gasteiger partial charge is 0.424 e. The predicted octanol–water partition coefficient (Wildman–Crippen LogP) is 4.28. The van der Waals surface area contributed by atoms with Crippen molar-refractivity contribution in [1.82, 2.24) is 5.01 Å². The average Bonchev–Trinajstić information content (AvgIpc) is 3.18. The number of hydrogen-bond acceptors (Lipinski definition) is 9. The first-order valence-corrected chi connectivity index (χ1v) is 14.8. The fourth-order valence-electron chi connectivity index (χ4n) is 6.96. The molecule has 3 aliphatic heterocycles. The number of ether oxygens (including phenoxy) is 4. The molecule has 2 unspecified atom stereocenters. The molecule has 1 amide bonds. The second-order valence-electron chi connectivity index (χ2n) is 13.3. The Morgan fingerprint density at radius 3 is 2.17 bits per heavy atom. The Bertz CT molecular complexity index is 969. The zero-order chi connectivity index (χ0) is 30.3. The lowest BCUT2D eigenvalue weighted by atomic mass is 9.70. The van der Waals surface area contributed by atoms with E-state index in [4.69, 9.17) is 24.8 Å². The maximum atomic E-state index is 13.8. The second kappa shape index (κ2) is 12.4. The first-order chi connectivity index (χ1) is 18.5. The number of Topliss-reactive ketones (excluding diaryl/α,β-unsaturated/α-hetero) is 2. The Labute approximate surface area is 238 Å². The van der Waals surface area contributed by atoms with Gasteiger partial charge in [0, 0.05) is 23.7 Å². The van der Waals surface area contributed by atoms with Crippen LogP contribution in [-0.4, -0.2) is 65.4 Å². The second-order valence-corrected chi connectivity index (χ2v) is 13.3. The molecule has 0 radical (unpaired) electrons. The third-order valence-electron chi connectivity index (χ3n) is 9.55. The summed E-state index contributed by atoms with van der Waals surface area (Å²) in [6.07, 6.45) is -2.08. The van der Waals surface area contributed by atoms with Crippen molar-refractivity contribution in [2.45, 2.75) is 125 Å². The van der Waals surface area contributed by atoms with E-state index in [-0.39, 0.29) is 23.6 Å². The highest BCUT2D eigenvalue weighted by molar-refractivity contribution is 6.00. The van der Waals surface area contributed by atoms with Crippen molar-refractivity contribution in [2.24, 2.45) is 46.8 Å². The highest BCUT2D eigenvalue weighted by Crippen LogP contribution is 2.42. The van der Waals surface area contributed by atoms with Gasteiger partial charge in [0.2, 0.25) is 0 Å². The van der Waals surface area contributed by atoms with Crippen molar-refractivity contribution in [1.29, 1.82) is 0 Å². The molecule has 0 aromatic carbocycles. The van der Waals surface area contributed by atoms with Crippen LogP contribution in [-0.2, 0) is 33.3 Å². The quantitative estimate of drug-likeness (QED) is 0.230. The molecule has 10 heteroatoms. The van der Waals surface area contributed by atoms with Crippen molar-refractivity contribution >= 4 is 23.6 Å². The number of ketones is 2. The van der Waals surface area contributed by atoms with Crippen LogP contribution in [0.2, 0.25) is 0 Å². The van der Waals surface area contributed by atoms with Gasteiger partial charge in [0.05, 0.1) is 12.2 Å². The number of hydrazine groups is 1. The molecule has 0 spiro atoms. The molecule has 10 nitrogen and oxygen atoms in total. The third kappa shape index (κ3) is 6.39. The average molecular weight is 567 g/mol. The number of esters is 1. The van der Waals surface area contributed by atoms with Gasteiger partial charge in [0.25, 0.3) is 0 Å². The van der Waals surface area contributed by atoms with Gasteiger partial charge in [-0.1, -0.05) is 55.4 Å². The van der Waals surface area contributed by atoms with E-state index in [0.29, 0.717) is 18.8 Å². The Kier molecular flexibility index (Phi) is 10.1. The number of nitrogens with two attached hydrogens (primary N) is 1. The number of carbonyl (C=O) groups excluding carboxylic acids is 4. The van der Waals surface area contributed by atoms with E-state index in [9.17, 15) is 19.2 Å². The normalized spacial score (nSPS) is 43.5. The molecule has 40 heavy (non-hydrogen) atoms. The zero-order valence-electron chi connectivity index (χ0n) is 25.8. The monoisotopic (exact) mass is 566 g/mol. The largest absolute Gasteiger partial charge is 0.458 e. The summed E-state index contributed by atoms with van der Waals surface area (Å²) in [5.74, 6) is 2.56.